The van der Waals surface area contributed by atoms with Gasteiger partial charge >= 0.3 is 0 Å². The number of hydrogen-bond acceptors (Lipinski definition) is 1. The van der Waals surface area contributed by atoms with Crippen molar-refractivity contribution in [3.05, 3.63) is 34.9 Å². The molecule has 0 fully saturated rings. The molecule has 0 aliphatic heterocycles. The van der Waals surface area contributed by atoms with Crippen LogP contribution in [0.4, 0.5) is 0 Å². The van der Waals surface area contributed by atoms with Crippen molar-refractivity contribution in [1.82, 2.24) is 0 Å². The van der Waals surface area contributed by atoms with Crippen LogP contribution in [-0.4, -0.2) is 6.61 Å². The summed E-state index contributed by atoms with van der Waals surface area (Å²) in [6.07, 6.45) is 7.41. The third kappa shape index (κ3) is 5.88. The Morgan fingerprint density at radius 3 is 2.28 bits per heavy atom. The molecule has 1 aromatic rings. The molecule has 2 heteroatoms. The molecule has 1 nitrogen and oxygen atoms in total. The second kappa shape index (κ2) is 9.41. The summed E-state index contributed by atoms with van der Waals surface area (Å²) in [6, 6.07) is 8.07. The van der Waals surface area contributed by atoms with Gasteiger partial charge in [-0.05, 0) is 30.5 Å². The normalized spacial score (nSPS) is 12.6. The van der Waals surface area contributed by atoms with E-state index in [-0.39, 0.29) is 6.10 Å². The Labute approximate surface area is 116 Å². The second-order valence-corrected chi connectivity index (χ2v) is 5.20. The first-order valence-corrected chi connectivity index (χ1v) is 7.52. The number of ether oxygens (including phenoxy) is 1. The van der Waals surface area contributed by atoms with E-state index in [1.165, 1.54) is 31.2 Å². The van der Waals surface area contributed by atoms with Gasteiger partial charge in [0.05, 0.1) is 6.10 Å². The van der Waals surface area contributed by atoms with Gasteiger partial charge in [-0.3, -0.25) is 0 Å². The zero-order valence-electron chi connectivity index (χ0n) is 11.6. The van der Waals surface area contributed by atoms with Crippen molar-refractivity contribution in [2.24, 2.45) is 0 Å². The minimum absolute atomic E-state index is 0.235. The van der Waals surface area contributed by atoms with Crippen LogP contribution in [0.1, 0.15) is 64.0 Å². The predicted molar refractivity (Wildman–Crippen MR) is 79.2 cm³/mol. The number of benzene rings is 1. The summed E-state index contributed by atoms with van der Waals surface area (Å²) in [5.74, 6) is 0. The van der Waals surface area contributed by atoms with Gasteiger partial charge in [0.15, 0.2) is 0 Å². The van der Waals surface area contributed by atoms with E-state index in [1.54, 1.807) is 0 Å². The average molecular weight is 269 g/mol. The highest BCUT2D eigenvalue weighted by Crippen LogP contribution is 2.25. The largest absolute Gasteiger partial charge is 0.374 e. The van der Waals surface area contributed by atoms with Gasteiger partial charge in [0.2, 0.25) is 0 Å². The van der Waals surface area contributed by atoms with Crippen LogP contribution < -0.4 is 0 Å². The lowest BCUT2D eigenvalue weighted by Crippen LogP contribution is -2.06. The van der Waals surface area contributed by atoms with Crippen molar-refractivity contribution in [3.8, 4) is 0 Å². The number of hydrogen-bond donors (Lipinski definition) is 0. The van der Waals surface area contributed by atoms with E-state index >= 15 is 0 Å². The Hall–Kier alpha value is -0.530. The van der Waals surface area contributed by atoms with E-state index in [4.69, 9.17) is 16.3 Å². The van der Waals surface area contributed by atoms with Crippen LogP contribution in [0.3, 0.4) is 0 Å². The highest BCUT2D eigenvalue weighted by Gasteiger charge is 2.11. The van der Waals surface area contributed by atoms with Crippen LogP contribution >= 0.6 is 11.6 Å². The lowest BCUT2D eigenvalue weighted by atomic mass is 10.0. The summed E-state index contributed by atoms with van der Waals surface area (Å²) in [5.41, 5.74) is 1.25. The van der Waals surface area contributed by atoms with Gasteiger partial charge in [-0.1, -0.05) is 63.3 Å². The average Bonchev–Trinajstić information content (AvgIpc) is 2.39. The van der Waals surface area contributed by atoms with E-state index in [0.717, 1.165) is 24.5 Å². The van der Waals surface area contributed by atoms with Gasteiger partial charge < -0.3 is 4.74 Å². The summed E-state index contributed by atoms with van der Waals surface area (Å²) in [4.78, 5) is 0. The summed E-state index contributed by atoms with van der Waals surface area (Å²) < 4.78 is 6.03. The highest BCUT2D eigenvalue weighted by molar-refractivity contribution is 6.30. The zero-order valence-corrected chi connectivity index (χ0v) is 12.4. The molecule has 1 unspecified atom stereocenters. The Bertz CT molecular complexity index is 307. The summed E-state index contributed by atoms with van der Waals surface area (Å²) in [7, 11) is 0. The molecule has 18 heavy (non-hydrogen) atoms. The Morgan fingerprint density at radius 1 is 1.00 bits per heavy atom. The van der Waals surface area contributed by atoms with Crippen LogP contribution in [0.5, 0.6) is 0 Å². The van der Waals surface area contributed by atoms with Gasteiger partial charge in [0.1, 0.15) is 0 Å². The van der Waals surface area contributed by atoms with Crippen LogP contribution in [-0.2, 0) is 4.74 Å². The molecule has 0 aliphatic carbocycles. The summed E-state index contributed by atoms with van der Waals surface area (Å²) >= 11 is 5.93. The maximum absolute atomic E-state index is 6.03. The van der Waals surface area contributed by atoms with E-state index < -0.39 is 0 Å². The molecule has 0 spiro atoms. The molecule has 0 saturated heterocycles. The second-order valence-electron chi connectivity index (χ2n) is 4.76. The maximum Gasteiger partial charge on any atom is 0.0824 e. The van der Waals surface area contributed by atoms with E-state index in [9.17, 15) is 0 Å². The number of halogens is 1. The topological polar surface area (TPSA) is 9.23 Å². The van der Waals surface area contributed by atoms with Gasteiger partial charge in [0.25, 0.3) is 0 Å². The first kappa shape index (κ1) is 15.5. The van der Waals surface area contributed by atoms with Crippen molar-refractivity contribution in [3.63, 3.8) is 0 Å². The maximum atomic E-state index is 6.03. The van der Waals surface area contributed by atoms with Crippen LogP contribution in [0.2, 0.25) is 5.02 Å². The molecule has 0 radical (unpaired) electrons. The van der Waals surface area contributed by atoms with Crippen LogP contribution in [0, 0.1) is 0 Å². The molecule has 0 N–H and O–H groups in total. The van der Waals surface area contributed by atoms with Crippen LogP contribution in [0.25, 0.3) is 0 Å². The minimum atomic E-state index is 0.235. The third-order valence-electron chi connectivity index (χ3n) is 3.13. The fraction of sp³-hybridized carbons (Fsp3) is 0.625. The van der Waals surface area contributed by atoms with Gasteiger partial charge in [-0.2, -0.15) is 0 Å². The molecule has 1 aromatic carbocycles. The molecule has 0 bridgehead atoms. The van der Waals surface area contributed by atoms with Crippen molar-refractivity contribution in [2.45, 2.75) is 58.5 Å². The predicted octanol–water partition coefficient (Wildman–Crippen LogP) is 5.78. The first-order chi connectivity index (χ1) is 8.77. The Morgan fingerprint density at radius 2 is 1.67 bits per heavy atom. The molecule has 1 rings (SSSR count). The monoisotopic (exact) mass is 268 g/mol. The third-order valence-corrected chi connectivity index (χ3v) is 3.38. The SMILES string of the molecule is CCCCCOC(CCCC)c1ccc(Cl)cc1. The highest BCUT2D eigenvalue weighted by atomic mass is 35.5. The first-order valence-electron chi connectivity index (χ1n) is 7.15. The lowest BCUT2D eigenvalue weighted by Gasteiger charge is -2.18. The minimum Gasteiger partial charge on any atom is -0.374 e. The summed E-state index contributed by atoms with van der Waals surface area (Å²) in [6.45, 7) is 5.30. The van der Waals surface area contributed by atoms with E-state index in [1.807, 2.05) is 12.1 Å². The van der Waals surface area contributed by atoms with E-state index in [0.29, 0.717) is 0 Å². The molecule has 0 heterocycles. The smallest absolute Gasteiger partial charge is 0.0824 e. The molecular formula is C16H25ClO. The van der Waals surface area contributed by atoms with Crippen molar-refractivity contribution < 1.29 is 4.74 Å². The Balaban J connectivity index is 2.51. The fourth-order valence-electron chi connectivity index (χ4n) is 1.99. The van der Waals surface area contributed by atoms with Gasteiger partial charge in [0, 0.05) is 11.6 Å². The number of rotatable bonds is 9. The van der Waals surface area contributed by atoms with Crippen molar-refractivity contribution in [1.29, 1.82) is 0 Å². The quantitative estimate of drug-likeness (QED) is 0.516. The van der Waals surface area contributed by atoms with Gasteiger partial charge in [-0.15, -0.1) is 0 Å². The summed E-state index contributed by atoms with van der Waals surface area (Å²) in [5, 5.41) is 0.791. The standard InChI is InChI=1S/C16H25ClO/c1-3-5-7-13-18-16(8-6-4-2)14-9-11-15(17)12-10-14/h9-12,16H,3-8,13H2,1-2H3. The molecule has 0 saturated carbocycles. The Kier molecular flexibility index (Phi) is 8.11. The molecule has 0 aliphatic rings. The number of unbranched alkanes of at least 4 members (excludes halogenated alkanes) is 3. The molecule has 0 amide bonds. The molecule has 0 aromatic heterocycles. The molecule has 102 valence electrons. The fourth-order valence-corrected chi connectivity index (χ4v) is 2.12. The molecular weight excluding hydrogens is 244 g/mol. The van der Waals surface area contributed by atoms with E-state index in [2.05, 4.69) is 26.0 Å². The molecule has 1 atom stereocenters. The van der Waals surface area contributed by atoms with Crippen molar-refractivity contribution in [2.75, 3.05) is 6.61 Å². The zero-order chi connectivity index (χ0) is 13.2. The van der Waals surface area contributed by atoms with Crippen LogP contribution in [0.15, 0.2) is 24.3 Å². The van der Waals surface area contributed by atoms with Crippen molar-refractivity contribution >= 4 is 11.6 Å². The van der Waals surface area contributed by atoms with Gasteiger partial charge in [-0.25, -0.2) is 0 Å². The lowest BCUT2D eigenvalue weighted by molar-refractivity contribution is 0.0426.